The molecule has 1 aromatic carbocycles. The molecule has 34 heavy (non-hydrogen) atoms. The molecule has 2 aliphatic heterocycles. The summed E-state index contributed by atoms with van der Waals surface area (Å²) in [5.74, 6) is 0.255. The van der Waals surface area contributed by atoms with Gasteiger partial charge in [-0.3, -0.25) is 4.79 Å². The maximum Gasteiger partial charge on any atom is 0.410 e. The molecule has 0 saturated carbocycles. The summed E-state index contributed by atoms with van der Waals surface area (Å²) in [5.41, 5.74) is 0.599. The average Bonchev–Trinajstić information content (AvgIpc) is 3.26. The molecule has 2 aliphatic rings. The van der Waals surface area contributed by atoms with Gasteiger partial charge in [0.2, 0.25) is 0 Å². The molecule has 2 atom stereocenters. The van der Waals surface area contributed by atoms with Crippen LogP contribution in [0.2, 0.25) is 0 Å². The van der Waals surface area contributed by atoms with E-state index in [1.165, 1.54) is 23.0 Å². The second-order valence-corrected chi connectivity index (χ2v) is 8.10. The number of methoxy groups -OCH3 is 1. The average molecular weight is 481 g/mol. The highest BCUT2D eigenvalue weighted by atomic mass is 19.4. The first-order valence-corrected chi connectivity index (χ1v) is 11.0. The lowest BCUT2D eigenvalue weighted by Crippen LogP contribution is -2.50. The highest BCUT2D eigenvalue weighted by Crippen LogP contribution is 2.43. The zero-order chi connectivity index (χ0) is 24.5. The van der Waals surface area contributed by atoms with Crippen LogP contribution >= 0.6 is 0 Å². The molecule has 2 amide bonds. The Bertz CT molecular complexity index is 1030. The van der Waals surface area contributed by atoms with E-state index in [-0.39, 0.29) is 50.7 Å². The quantitative estimate of drug-likeness (QED) is 0.720. The van der Waals surface area contributed by atoms with Crippen molar-refractivity contribution in [1.29, 1.82) is 0 Å². The number of nitrogens with zero attached hydrogens (tertiary/aromatic N) is 4. The smallest absolute Gasteiger partial charge is 0.410 e. The first kappa shape index (κ1) is 23.7. The van der Waals surface area contributed by atoms with E-state index in [1.54, 1.807) is 31.2 Å². The molecule has 0 aliphatic carbocycles. The molecule has 1 fully saturated rings. The third-order valence-corrected chi connectivity index (χ3v) is 6.02. The predicted molar refractivity (Wildman–Crippen MR) is 116 cm³/mol. The number of carbonyl (C=O) groups excluding carboxylic acids is 2. The van der Waals surface area contributed by atoms with Gasteiger partial charge in [0, 0.05) is 38.7 Å². The molecule has 12 heteroatoms. The van der Waals surface area contributed by atoms with Gasteiger partial charge in [-0.25, -0.2) is 9.48 Å². The standard InChI is InChI=1S/C22H26F3N5O4/c1-3-34-21(32)29-10-8-28(9-11-29)20(31)17-13-19-26-16(14-4-6-15(33-2)7-5-14)12-18(22(23,24)25)30(19)27-17/h4-7,13,16,18,26H,3,8-12H2,1-2H3/t16-,18+/m1/s1. The minimum atomic E-state index is -4.54. The maximum absolute atomic E-state index is 13.9. The molecule has 0 radical (unpaired) electrons. The zero-order valence-corrected chi connectivity index (χ0v) is 18.8. The molecule has 184 valence electrons. The fourth-order valence-corrected chi connectivity index (χ4v) is 4.20. The lowest BCUT2D eigenvalue weighted by molar-refractivity contribution is -0.173. The summed E-state index contributed by atoms with van der Waals surface area (Å²) < 4.78 is 52.7. The van der Waals surface area contributed by atoms with Crippen LogP contribution in [0.4, 0.5) is 23.8 Å². The number of hydrogen-bond donors (Lipinski definition) is 1. The monoisotopic (exact) mass is 481 g/mol. The van der Waals surface area contributed by atoms with E-state index < -0.39 is 30.3 Å². The largest absolute Gasteiger partial charge is 0.497 e. The molecule has 0 unspecified atom stereocenters. The fraction of sp³-hybridized carbons (Fsp3) is 0.500. The van der Waals surface area contributed by atoms with E-state index in [9.17, 15) is 22.8 Å². The number of hydrogen-bond acceptors (Lipinski definition) is 6. The number of amides is 2. The van der Waals surface area contributed by atoms with Crippen LogP contribution in [0.15, 0.2) is 30.3 Å². The molecular weight excluding hydrogens is 455 g/mol. The number of rotatable bonds is 4. The normalized spacial score (nSPS) is 20.4. The Balaban J connectivity index is 1.53. The second-order valence-electron chi connectivity index (χ2n) is 8.10. The van der Waals surface area contributed by atoms with Crippen LogP contribution in [0.5, 0.6) is 5.75 Å². The van der Waals surface area contributed by atoms with Crippen LogP contribution in [0.1, 0.15) is 41.5 Å². The van der Waals surface area contributed by atoms with Crippen molar-refractivity contribution in [1.82, 2.24) is 19.6 Å². The van der Waals surface area contributed by atoms with E-state index in [2.05, 4.69) is 10.4 Å². The first-order valence-electron chi connectivity index (χ1n) is 11.0. The maximum atomic E-state index is 13.9. The number of halogens is 3. The zero-order valence-electron chi connectivity index (χ0n) is 18.8. The van der Waals surface area contributed by atoms with Gasteiger partial charge in [-0.1, -0.05) is 12.1 Å². The van der Waals surface area contributed by atoms with Crippen molar-refractivity contribution in [2.75, 3.05) is 45.2 Å². The van der Waals surface area contributed by atoms with Crippen molar-refractivity contribution >= 4 is 17.8 Å². The number of piperazine rings is 1. The summed E-state index contributed by atoms with van der Waals surface area (Å²) >= 11 is 0. The Labute approximate surface area is 194 Å². The van der Waals surface area contributed by atoms with Gasteiger partial charge in [0.1, 0.15) is 11.6 Å². The predicted octanol–water partition coefficient (Wildman–Crippen LogP) is 3.47. The highest BCUT2D eigenvalue weighted by Gasteiger charge is 2.47. The SMILES string of the molecule is CCOC(=O)N1CCN(C(=O)c2cc3n(n2)[C@H](C(F)(F)F)C[C@H](c2ccc(OC)cc2)N3)CC1. The minimum Gasteiger partial charge on any atom is -0.497 e. The van der Waals surface area contributed by atoms with E-state index in [0.29, 0.717) is 11.3 Å². The number of carbonyl (C=O) groups is 2. The topological polar surface area (TPSA) is 88.9 Å². The van der Waals surface area contributed by atoms with E-state index in [0.717, 1.165) is 4.68 Å². The van der Waals surface area contributed by atoms with Crippen molar-refractivity contribution in [2.24, 2.45) is 0 Å². The summed E-state index contributed by atoms with van der Waals surface area (Å²) in [4.78, 5) is 27.8. The van der Waals surface area contributed by atoms with Crippen molar-refractivity contribution in [2.45, 2.75) is 31.6 Å². The third kappa shape index (κ3) is 4.75. The Hall–Kier alpha value is -3.44. The highest BCUT2D eigenvalue weighted by molar-refractivity contribution is 5.93. The third-order valence-electron chi connectivity index (χ3n) is 6.02. The Morgan fingerprint density at radius 1 is 1.12 bits per heavy atom. The number of aromatic nitrogens is 2. The molecule has 3 heterocycles. The van der Waals surface area contributed by atoms with Gasteiger partial charge in [0.05, 0.1) is 19.8 Å². The molecule has 0 spiro atoms. The number of anilines is 1. The fourth-order valence-electron chi connectivity index (χ4n) is 4.20. The van der Waals surface area contributed by atoms with E-state index in [4.69, 9.17) is 9.47 Å². The number of fused-ring (bicyclic) bond motifs is 1. The van der Waals surface area contributed by atoms with Gasteiger partial charge in [-0.05, 0) is 24.6 Å². The number of alkyl halides is 3. The van der Waals surface area contributed by atoms with Gasteiger partial charge >= 0.3 is 12.3 Å². The van der Waals surface area contributed by atoms with Crippen molar-refractivity contribution in [3.05, 3.63) is 41.6 Å². The molecule has 4 rings (SSSR count). The molecule has 0 bridgehead atoms. The molecule has 1 saturated heterocycles. The van der Waals surface area contributed by atoms with Crippen LogP contribution in [0.25, 0.3) is 0 Å². The van der Waals surface area contributed by atoms with Crippen LogP contribution in [-0.4, -0.2) is 77.7 Å². The van der Waals surface area contributed by atoms with Gasteiger partial charge in [-0.15, -0.1) is 0 Å². The summed E-state index contributed by atoms with van der Waals surface area (Å²) in [5, 5.41) is 7.12. The lowest BCUT2D eigenvalue weighted by atomic mass is 9.97. The van der Waals surface area contributed by atoms with Gasteiger partial charge in [-0.2, -0.15) is 18.3 Å². The molecule has 2 aromatic rings. The van der Waals surface area contributed by atoms with Crippen molar-refractivity contribution in [3.8, 4) is 5.75 Å². The Morgan fingerprint density at radius 3 is 2.35 bits per heavy atom. The Morgan fingerprint density at radius 2 is 1.76 bits per heavy atom. The second kappa shape index (κ2) is 9.43. The molecular formula is C22H26F3N5O4. The van der Waals surface area contributed by atoms with Gasteiger partial charge in [0.15, 0.2) is 11.7 Å². The number of nitrogens with one attached hydrogen (secondary N) is 1. The van der Waals surface area contributed by atoms with Gasteiger partial charge < -0.3 is 24.6 Å². The summed E-state index contributed by atoms with van der Waals surface area (Å²) in [6, 6.07) is 5.67. The van der Waals surface area contributed by atoms with Crippen LogP contribution in [0, 0.1) is 0 Å². The van der Waals surface area contributed by atoms with Crippen LogP contribution in [0.3, 0.4) is 0 Å². The molecule has 9 nitrogen and oxygen atoms in total. The molecule has 1 N–H and O–H groups in total. The summed E-state index contributed by atoms with van der Waals surface area (Å²) in [6.45, 7) is 3.00. The van der Waals surface area contributed by atoms with Crippen molar-refractivity contribution < 1.29 is 32.2 Å². The lowest BCUT2D eigenvalue weighted by Gasteiger charge is -2.33. The Kier molecular flexibility index (Phi) is 6.58. The number of ether oxygens (including phenoxy) is 2. The minimum absolute atomic E-state index is 0.0725. The number of benzene rings is 1. The van der Waals surface area contributed by atoms with E-state index >= 15 is 0 Å². The first-order chi connectivity index (χ1) is 16.2. The van der Waals surface area contributed by atoms with Gasteiger partial charge in [0.25, 0.3) is 5.91 Å². The van der Waals surface area contributed by atoms with Crippen LogP contribution < -0.4 is 10.1 Å². The van der Waals surface area contributed by atoms with E-state index in [1.807, 2.05) is 0 Å². The molecule has 1 aromatic heterocycles. The van der Waals surface area contributed by atoms with Crippen LogP contribution in [-0.2, 0) is 4.74 Å². The summed E-state index contributed by atoms with van der Waals surface area (Å²) in [7, 11) is 1.52. The summed E-state index contributed by atoms with van der Waals surface area (Å²) in [6.07, 6.45) is -5.26. The van der Waals surface area contributed by atoms with Crippen molar-refractivity contribution in [3.63, 3.8) is 0 Å².